The van der Waals surface area contributed by atoms with E-state index in [1.807, 2.05) is 18.4 Å². The van der Waals surface area contributed by atoms with Crippen LogP contribution in [0.25, 0.3) is 0 Å². The maximum Gasteiger partial charge on any atom is 0.239 e. The second kappa shape index (κ2) is 8.30. The Bertz CT molecular complexity index is 695. The van der Waals surface area contributed by atoms with E-state index in [2.05, 4.69) is 45.5 Å². The minimum Gasteiger partial charge on any atom is -0.354 e. The number of likely N-dealkylation sites (tertiary alicyclic amines) is 1. The Kier molecular flexibility index (Phi) is 5.87. The highest BCUT2D eigenvalue weighted by Crippen LogP contribution is 2.18. The Hall–Kier alpha value is -2.14. The van der Waals surface area contributed by atoms with Gasteiger partial charge in [0.1, 0.15) is 6.54 Å². The number of nitrogens with zero attached hydrogens (tertiary/aromatic N) is 3. The summed E-state index contributed by atoms with van der Waals surface area (Å²) in [6, 6.07) is 10.6. The van der Waals surface area contributed by atoms with Gasteiger partial charge in [-0.3, -0.25) is 9.69 Å². The maximum absolute atomic E-state index is 12.2. The van der Waals surface area contributed by atoms with Crippen LogP contribution in [0.2, 0.25) is 0 Å². The molecule has 0 spiro atoms. The van der Waals surface area contributed by atoms with Crippen LogP contribution >= 0.6 is 0 Å². The summed E-state index contributed by atoms with van der Waals surface area (Å²) in [5.41, 5.74) is 3.40. The van der Waals surface area contributed by atoms with Gasteiger partial charge in [0.15, 0.2) is 0 Å². The number of benzene rings is 1. The molecule has 1 N–H and O–H groups in total. The van der Waals surface area contributed by atoms with E-state index >= 15 is 0 Å². The Balaban J connectivity index is 1.44. The van der Waals surface area contributed by atoms with Crippen molar-refractivity contribution in [3.8, 4) is 0 Å². The van der Waals surface area contributed by atoms with Crippen LogP contribution in [0.4, 0.5) is 0 Å². The zero-order chi connectivity index (χ0) is 17.6. The zero-order valence-electron chi connectivity index (χ0n) is 15.2. The lowest BCUT2D eigenvalue weighted by Gasteiger charge is -2.32. The summed E-state index contributed by atoms with van der Waals surface area (Å²) in [5.74, 6) is 0.604. The molecule has 1 aromatic carbocycles. The molecule has 0 aliphatic carbocycles. The van der Waals surface area contributed by atoms with E-state index in [4.69, 9.17) is 0 Å². The first kappa shape index (κ1) is 17.7. The Morgan fingerprint density at radius 2 is 2.08 bits per heavy atom. The van der Waals surface area contributed by atoms with Crippen LogP contribution in [-0.4, -0.2) is 40.0 Å². The normalized spacial score (nSPS) is 18.2. The second-order valence-electron chi connectivity index (χ2n) is 7.08. The van der Waals surface area contributed by atoms with Crippen LogP contribution in [0.15, 0.2) is 36.7 Å². The SMILES string of the molecule is Cc1ncn(CC(=O)NC[C@H]2CCCN(Cc3ccccc3)C2)c1C. The van der Waals surface area contributed by atoms with Crippen molar-refractivity contribution < 1.29 is 4.79 Å². The summed E-state index contributed by atoms with van der Waals surface area (Å²) in [5, 5.41) is 3.11. The Labute approximate surface area is 150 Å². The van der Waals surface area contributed by atoms with Crippen molar-refractivity contribution >= 4 is 5.91 Å². The molecule has 0 unspecified atom stereocenters. The molecule has 1 fully saturated rings. The van der Waals surface area contributed by atoms with Gasteiger partial charge in [0.05, 0.1) is 12.0 Å². The van der Waals surface area contributed by atoms with E-state index in [1.165, 1.54) is 18.4 Å². The highest BCUT2D eigenvalue weighted by Gasteiger charge is 2.20. The number of hydrogen-bond donors (Lipinski definition) is 1. The van der Waals surface area contributed by atoms with Crippen molar-refractivity contribution in [2.24, 2.45) is 5.92 Å². The van der Waals surface area contributed by atoms with Crippen LogP contribution in [0, 0.1) is 19.8 Å². The molecule has 1 aliphatic rings. The van der Waals surface area contributed by atoms with Gasteiger partial charge >= 0.3 is 0 Å². The number of hydrogen-bond acceptors (Lipinski definition) is 3. The molecule has 0 bridgehead atoms. The van der Waals surface area contributed by atoms with Gasteiger partial charge in [-0.2, -0.15) is 0 Å². The molecule has 5 nitrogen and oxygen atoms in total. The number of imidazole rings is 1. The van der Waals surface area contributed by atoms with Crippen molar-refractivity contribution in [1.29, 1.82) is 0 Å². The van der Waals surface area contributed by atoms with Gasteiger partial charge in [0.2, 0.25) is 5.91 Å². The number of aromatic nitrogens is 2. The molecule has 0 saturated carbocycles. The predicted molar refractivity (Wildman–Crippen MR) is 99.2 cm³/mol. The smallest absolute Gasteiger partial charge is 0.239 e. The Morgan fingerprint density at radius 3 is 2.80 bits per heavy atom. The number of piperidine rings is 1. The van der Waals surface area contributed by atoms with Gasteiger partial charge in [-0.05, 0) is 44.7 Å². The van der Waals surface area contributed by atoms with Crippen molar-refractivity contribution in [3.05, 3.63) is 53.6 Å². The fourth-order valence-electron chi connectivity index (χ4n) is 3.48. The highest BCUT2D eigenvalue weighted by atomic mass is 16.1. The third-order valence-electron chi connectivity index (χ3n) is 5.10. The summed E-state index contributed by atoms with van der Waals surface area (Å²) in [4.78, 5) is 19.0. The molecule has 2 heterocycles. The fourth-order valence-corrected chi connectivity index (χ4v) is 3.48. The van der Waals surface area contributed by atoms with Crippen LogP contribution in [0.3, 0.4) is 0 Å². The number of amides is 1. The van der Waals surface area contributed by atoms with Gasteiger partial charge in [0.25, 0.3) is 0 Å². The third-order valence-corrected chi connectivity index (χ3v) is 5.10. The summed E-state index contributed by atoms with van der Waals surface area (Å²) in [6.45, 7) is 8.28. The predicted octanol–water partition coefficient (Wildman–Crippen LogP) is 2.53. The molecule has 1 amide bonds. The minimum absolute atomic E-state index is 0.0701. The fraction of sp³-hybridized carbons (Fsp3) is 0.500. The summed E-state index contributed by atoms with van der Waals surface area (Å²) >= 11 is 0. The molecule has 1 aliphatic heterocycles. The average Bonchev–Trinajstić information content (AvgIpc) is 2.93. The summed E-state index contributed by atoms with van der Waals surface area (Å²) in [7, 11) is 0. The summed E-state index contributed by atoms with van der Waals surface area (Å²) in [6.07, 6.45) is 4.13. The molecule has 3 rings (SSSR count). The van der Waals surface area contributed by atoms with Crippen molar-refractivity contribution in [3.63, 3.8) is 0 Å². The van der Waals surface area contributed by atoms with Crippen molar-refractivity contribution in [1.82, 2.24) is 19.8 Å². The first-order chi connectivity index (χ1) is 12.1. The highest BCUT2D eigenvalue weighted by molar-refractivity contribution is 5.75. The number of aryl methyl sites for hydroxylation is 1. The molecule has 2 aromatic rings. The second-order valence-corrected chi connectivity index (χ2v) is 7.08. The van der Waals surface area contributed by atoms with Crippen LogP contribution in [-0.2, 0) is 17.9 Å². The number of nitrogens with one attached hydrogen (secondary N) is 1. The first-order valence-electron chi connectivity index (χ1n) is 9.13. The number of carbonyl (C=O) groups excluding carboxylic acids is 1. The standard InChI is InChI=1S/C20H28N4O/c1-16-17(2)24(15-22-16)14-20(25)21-11-19-9-6-10-23(13-19)12-18-7-4-3-5-8-18/h3-5,7-8,15,19H,6,9-14H2,1-2H3,(H,21,25)/t19-/m1/s1. The van der Waals surface area contributed by atoms with Gasteiger partial charge in [-0.1, -0.05) is 30.3 Å². The van der Waals surface area contributed by atoms with Crippen LogP contribution < -0.4 is 5.32 Å². The lowest BCUT2D eigenvalue weighted by atomic mass is 9.97. The topological polar surface area (TPSA) is 50.2 Å². The lowest BCUT2D eigenvalue weighted by Crippen LogP contribution is -2.41. The van der Waals surface area contributed by atoms with E-state index in [0.29, 0.717) is 12.5 Å². The largest absolute Gasteiger partial charge is 0.354 e. The zero-order valence-corrected chi connectivity index (χ0v) is 15.2. The van der Waals surface area contributed by atoms with Gasteiger partial charge in [-0.15, -0.1) is 0 Å². The van der Waals surface area contributed by atoms with Gasteiger partial charge in [-0.25, -0.2) is 4.98 Å². The molecule has 0 radical (unpaired) electrons. The molecule has 1 saturated heterocycles. The molecule has 134 valence electrons. The van der Waals surface area contributed by atoms with E-state index in [0.717, 1.165) is 37.6 Å². The number of carbonyl (C=O) groups is 1. The van der Waals surface area contributed by atoms with E-state index in [9.17, 15) is 4.79 Å². The molecular formula is C20H28N4O. The number of rotatable bonds is 6. The lowest BCUT2D eigenvalue weighted by molar-refractivity contribution is -0.122. The first-order valence-corrected chi connectivity index (χ1v) is 9.13. The van der Waals surface area contributed by atoms with Crippen molar-refractivity contribution in [2.75, 3.05) is 19.6 Å². The monoisotopic (exact) mass is 340 g/mol. The van der Waals surface area contributed by atoms with Crippen molar-refractivity contribution in [2.45, 2.75) is 39.8 Å². The molecule has 1 aromatic heterocycles. The third kappa shape index (κ3) is 4.92. The molecule has 5 heteroatoms. The van der Waals surface area contributed by atoms with Gasteiger partial charge in [0, 0.05) is 25.3 Å². The average molecular weight is 340 g/mol. The van der Waals surface area contributed by atoms with Crippen LogP contribution in [0.1, 0.15) is 29.8 Å². The maximum atomic E-state index is 12.2. The van der Waals surface area contributed by atoms with E-state index in [1.54, 1.807) is 6.33 Å². The quantitative estimate of drug-likeness (QED) is 0.879. The summed E-state index contributed by atoms with van der Waals surface area (Å²) < 4.78 is 1.91. The molecular weight excluding hydrogens is 312 g/mol. The van der Waals surface area contributed by atoms with E-state index < -0.39 is 0 Å². The van der Waals surface area contributed by atoms with E-state index in [-0.39, 0.29) is 5.91 Å². The molecule has 1 atom stereocenters. The molecule has 25 heavy (non-hydrogen) atoms. The van der Waals surface area contributed by atoms with Crippen LogP contribution in [0.5, 0.6) is 0 Å². The van der Waals surface area contributed by atoms with Gasteiger partial charge < -0.3 is 9.88 Å². The Morgan fingerprint density at radius 1 is 1.28 bits per heavy atom. The minimum atomic E-state index is 0.0701.